The Morgan fingerprint density at radius 2 is 2.03 bits per heavy atom. The number of likely N-dealkylation sites (tertiary alicyclic amines) is 1. The van der Waals surface area contributed by atoms with Crippen LogP contribution in [0.5, 0.6) is 0 Å². The molecule has 1 fully saturated rings. The number of fused-ring (bicyclic) bond motifs is 1. The molecule has 0 bridgehead atoms. The molecule has 1 unspecified atom stereocenters. The van der Waals surface area contributed by atoms with Gasteiger partial charge in [0.15, 0.2) is 15.6 Å². The van der Waals surface area contributed by atoms with Gasteiger partial charge in [-0.15, -0.1) is 0 Å². The molecule has 4 rings (SSSR count). The van der Waals surface area contributed by atoms with E-state index >= 15 is 0 Å². The van der Waals surface area contributed by atoms with E-state index in [1.807, 2.05) is 6.07 Å². The summed E-state index contributed by atoms with van der Waals surface area (Å²) >= 11 is 0. The number of carbonyl (C=O) groups excluding carboxylic acids is 1. The number of carbonyl (C=O) groups is 1. The fourth-order valence-electron chi connectivity index (χ4n) is 4.23. The largest absolute Gasteiger partial charge is 0.455 e. The Morgan fingerprint density at radius 1 is 1.25 bits per heavy atom. The molecule has 3 aromatic heterocycles. The maximum Gasteiger partial charge on any atom is 0.289 e. The Hall–Kier alpha value is -2.79. The number of aromatic nitrogens is 4. The van der Waals surface area contributed by atoms with E-state index in [4.69, 9.17) is 4.42 Å². The van der Waals surface area contributed by atoms with Crippen LogP contribution in [0.25, 0.3) is 5.78 Å². The summed E-state index contributed by atoms with van der Waals surface area (Å²) in [5.74, 6) is 0.989. The molecule has 1 atom stereocenters. The number of nitrogens with zero attached hydrogens (tertiary/aromatic N) is 6. The first-order chi connectivity index (χ1) is 15.3. The van der Waals surface area contributed by atoms with Crippen LogP contribution in [0.2, 0.25) is 0 Å². The molecule has 3 aromatic rings. The van der Waals surface area contributed by atoms with E-state index < -0.39 is 9.84 Å². The zero-order chi connectivity index (χ0) is 22.9. The van der Waals surface area contributed by atoms with Gasteiger partial charge in [-0.05, 0) is 38.1 Å². The number of rotatable bonds is 7. The molecule has 1 saturated heterocycles. The topological polar surface area (TPSA) is 114 Å². The highest BCUT2D eigenvalue weighted by atomic mass is 32.2. The van der Waals surface area contributed by atoms with Crippen molar-refractivity contribution in [2.75, 3.05) is 32.4 Å². The Morgan fingerprint density at radius 3 is 2.75 bits per heavy atom. The van der Waals surface area contributed by atoms with Crippen LogP contribution in [-0.2, 0) is 16.4 Å². The summed E-state index contributed by atoms with van der Waals surface area (Å²) in [6.45, 7) is 7.58. The third-order valence-electron chi connectivity index (χ3n) is 5.95. The van der Waals surface area contributed by atoms with Crippen molar-refractivity contribution in [2.45, 2.75) is 44.0 Å². The second kappa shape index (κ2) is 8.99. The van der Waals surface area contributed by atoms with Crippen LogP contribution >= 0.6 is 0 Å². The maximum absolute atomic E-state index is 13.2. The van der Waals surface area contributed by atoms with Crippen molar-refractivity contribution in [3.63, 3.8) is 0 Å². The van der Waals surface area contributed by atoms with E-state index in [0.29, 0.717) is 36.9 Å². The SMILES string of the molecule is CCN(CC)Cc1ccc(C(=O)N2CCCC(c3c(S(C)(=O)=O)cnc4ncnn34)C2)o1. The number of amides is 1. The lowest BCUT2D eigenvalue weighted by Gasteiger charge is -2.33. The summed E-state index contributed by atoms with van der Waals surface area (Å²) in [4.78, 5) is 25.4. The Labute approximate surface area is 187 Å². The minimum atomic E-state index is -3.53. The van der Waals surface area contributed by atoms with E-state index in [1.165, 1.54) is 17.0 Å². The van der Waals surface area contributed by atoms with Crippen LogP contribution in [0.3, 0.4) is 0 Å². The summed E-state index contributed by atoms with van der Waals surface area (Å²) < 4.78 is 32.2. The zero-order valence-corrected chi connectivity index (χ0v) is 19.4. The molecule has 1 aliphatic rings. The average molecular weight is 461 g/mol. The highest BCUT2D eigenvalue weighted by Crippen LogP contribution is 2.32. The molecule has 0 spiro atoms. The zero-order valence-electron chi connectivity index (χ0n) is 18.6. The maximum atomic E-state index is 13.2. The monoisotopic (exact) mass is 460 g/mol. The normalized spacial score (nSPS) is 17.4. The fourth-order valence-corrected chi connectivity index (χ4v) is 5.10. The molecule has 4 heterocycles. The average Bonchev–Trinajstić information content (AvgIpc) is 3.45. The van der Waals surface area contributed by atoms with Crippen LogP contribution in [0, 0.1) is 0 Å². The van der Waals surface area contributed by atoms with Crippen molar-refractivity contribution in [1.29, 1.82) is 0 Å². The van der Waals surface area contributed by atoms with Gasteiger partial charge in [0.1, 0.15) is 17.0 Å². The molecular formula is C21H28N6O4S. The van der Waals surface area contributed by atoms with Crippen molar-refractivity contribution in [3.05, 3.63) is 41.9 Å². The molecular weight excluding hydrogens is 432 g/mol. The van der Waals surface area contributed by atoms with Crippen molar-refractivity contribution >= 4 is 21.5 Å². The van der Waals surface area contributed by atoms with Gasteiger partial charge in [-0.3, -0.25) is 9.69 Å². The lowest BCUT2D eigenvalue weighted by Crippen LogP contribution is -2.39. The molecule has 32 heavy (non-hydrogen) atoms. The highest BCUT2D eigenvalue weighted by molar-refractivity contribution is 7.90. The lowest BCUT2D eigenvalue weighted by molar-refractivity contribution is 0.0668. The van der Waals surface area contributed by atoms with Gasteiger partial charge in [-0.2, -0.15) is 14.6 Å². The first kappa shape index (κ1) is 22.4. The molecule has 1 amide bonds. The van der Waals surface area contributed by atoms with Crippen LogP contribution in [0.15, 0.2) is 34.0 Å². The molecule has 0 N–H and O–H groups in total. The number of furan rings is 1. The molecule has 172 valence electrons. The second-order valence-electron chi connectivity index (χ2n) is 8.07. The molecule has 0 aliphatic carbocycles. The van der Waals surface area contributed by atoms with Gasteiger partial charge in [-0.1, -0.05) is 13.8 Å². The number of hydrogen-bond donors (Lipinski definition) is 0. The molecule has 10 nitrogen and oxygen atoms in total. The summed E-state index contributed by atoms with van der Waals surface area (Å²) in [5.41, 5.74) is 0.522. The van der Waals surface area contributed by atoms with Crippen LogP contribution < -0.4 is 0 Å². The molecule has 0 aromatic carbocycles. The van der Waals surface area contributed by atoms with Gasteiger partial charge in [-0.25, -0.2) is 13.4 Å². The van der Waals surface area contributed by atoms with Crippen LogP contribution in [-0.4, -0.2) is 76.1 Å². The first-order valence-electron chi connectivity index (χ1n) is 10.8. The Bertz CT molecular complexity index is 1210. The number of piperidine rings is 1. The number of hydrogen-bond acceptors (Lipinski definition) is 8. The lowest BCUT2D eigenvalue weighted by atomic mass is 9.94. The van der Waals surface area contributed by atoms with E-state index in [0.717, 1.165) is 37.9 Å². The molecule has 1 aliphatic heterocycles. The van der Waals surface area contributed by atoms with E-state index in [2.05, 4.69) is 33.8 Å². The third kappa shape index (κ3) is 4.40. The van der Waals surface area contributed by atoms with Gasteiger partial charge in [0, 0.05) is 25.3 Å². The first-order valence-corrected chi connectivity index (χ1v) is 12.7. The summed E-state index contributed by atoms with van der Waals surface area (Å²) in [6, 6.07) is 3.56. The highest BCUT2D eigenvalue weighted by Gasteiger charge is 2.32. The van der Waals surface area contributed by atoms with Gasteiger partial charge in [0.25, 0.3) is 11.7 Å². The fraction of sp³-hybridized carbons (Fsp3) is 0.524. The third-order valence-corrected chi connectivity index (χ3v) is 7.06. The van der Waals surface area contributed by atoms with Crippen LogP contribution in [0.1, 0.15) is 54.6 Å². The summed E-state index contributed by atoms with van der Waals surface area (Å²) in [7, 11) is -3.53. The predicted molar refractivity (Wildman–Crippen MR) is 117 cm³/mol. The standard InChI is InChI=1S/C21H28N6O4S/c1-4-25(5-2)13-16-8-9-17(31-16)20(28)26-10-6-7-15(12-26)19-18(32(3,29)30)11-22-21-23-14-24-27(19)21/h8-9,11,14-15H,4-7,10,12-13H2,1-3H3. The van der Waals surface area contributed by atoms with Crippen molar-refractivity contribution in [2.24, 2.45) is 0 Å². The quantitative estimate of drug-likeness (QED) is 0.526. The van der Waals surface area contributed by atoms with Gasteiger partial charge < -0.3 is 9.32 Å². The van der Waals surface area contributed by atoms with Gasteiger partial charge in [0.05, 0.1) is 18.4 Å². The Balaban J connectivity index is 1.59. The van der Waals surface area contributed by atoms with E-state index in [9.17, 15) is 13.2 Å². The Kier molecular flexibility index (Phi) is 6.29. The van der Waals surface area contributed by atoms with Crippen molar-refractivity contribution < 1.29 is 17.6 Å². The minimum absolute atomic E-state index is 0.120. The smallest absolute Gasteiger partial charge is 0.289 e. The summed E-state index contributed by atoms with van der Waals surface area (Å²) in [5, 5.41) is 4.20. The van der Waals surface area contributed by atoms with Gasteiger partial charge >= 0.3 is 0 Å². The molecule has 11 heteroatoms. The predicted octanol–water partition coefficient (Wildman–Crippen LogP) is 1.98. The molecule has 0 saturated carbocycles. The van der Waals surface area contributed by atoms with Crippen molar-refractivity contribution in [3.8, 4) is 0 Å². The van der Waals surface area contributed by atoms with E-state index in [-0.39, 0.29) is 16.7 Å². The second-order valence-corrected chi connectivity index (χ2v) is 10.1. The minimum Gasteiger partial charge on any atom is -0.455 e. The van der Waals surface area contributed by atoms with Crippen molar-refractivity contribution in [1.82, 2.24) is 29.4 Å². The molecule has 0 radical (unpaired) electrons. The summed E-state index contributed by atoms with van der Waals surface area (Å²) in [6.07, 6.45) is 5.31. The van der Waals surface area contributed by atoms with Gasteiger partial charge in [0.2, 0.25) is 0 Å². The van der Waals surface area contributed by atoms with E-state index in [1.54, 1.807) is 11.0 Å². The van der Waals surface area contributed by atoms with Crippen LogP contribution in [0.4, 0.5) is 0 Å². The number of sulfone groups is 1.